The third-order valence-electron chi connectivity index (χ3n) is 1.89. The summed E-state index contributed by atoms with van der Waals surface area (Å²) in [6, 6.07) is 0. The van der Waals surface area contributed by atoms with Crippen molar-refractivity contribution < 1.29 is 20.4 Å². The van der Waals surface area contributed by atoms with E-state index in [-0.39, 0.29) is 25.4 Å². The van der Waals surface area contributed by atoms with Crippen molar-refractivity contribution in [1.29, 1.82) is 0 Å². The Labute approximate surface area is 76.4 Å². The predicted octanol–water partition coefficient (Wildman–Crippen LogP) is -1.85. The highest BCUT2D eigenvalue weighted by molar-refractivity contribution is 5.85. The van der Waals surface area contributed by atoms with E-state index in [0.29, 0.717) is 13.0 Å². The largest absolute Gasteiger partial charge is 0.361 e. The van der Waals surface area contributed by atoms with Gasteiger partial charge in [-0.05, 0) is 13.0 Å². The molecule has 12 heavy (non-hydrogen) atoms. The molecule has 1 aliphatic heterocycles. The standard InChI is InChI=1S/C6H13NO4.ClH/c8-5(9)2-1-3-7-4-6(5,10)11;/h7-11H,1-4H2;1H. The maximum absolute atomic E-state index is 9.10. The minimum Gasteiger partial charge on any atom is -0.361 e. The second-order valence-electron chi connectivity index (χ2n) is 2.91. The molecule has 0 aliphatic carbocycles. The fourth-order valence-corrected chi connectivity index (χ4v) is 1.06. The van der Waals surface area contributed by atoms with Crippen molar-refractivity contribution in [3.05, 3.63) is 0 Å². The van der Waals surface area contributed by atoms with Gasteiger partial charge in [0.2, 0.25) is 11.6 Å². The molecular formula is C6H14ClNO4. The average molecular weight is 200 g/mol. The molecule has 1 saturated heterocycles. The Bertz CT molecular complexity index is 134. The van der Waals surface area contributed by atoms with Gasteiger partial charge in [-0.3, -0.25) is 0 Å². The fraction of sp³-hybridized carbons (Fsp3) is 1.00. The summed E-state index contributed by atoms with van der Waals surface area (Å²) >= 11 is 0. The summed E-state index contributed by atoms with van der Waals surface area (Å²) in [5.74, 6) is -4.83. The molecule has 0 bridgehead atoms. The van der Waals surface area contributed by atoms with Crippen LogP contribution in [-0.4, -0.2) is 45.1 Å². The van der Waals surface area contributed by atoms with Crippen LogP contribution in [0.5, 0.6) is 0 Å². The fourth-order valence-electron chi connectivity index (χ4n) is 1.06. The quantitative estimate of drug-likeness (QED) is 0.296. The third-order valence-corrected chi connectivity index (χ3v) is 1.89. The van der Waals surface area contributed by atoms with Crippen LogP contribution in [0.25, 0.3) is 0 Å². The van der Waals surface area contributed by atoms with Crippen LogP contribution in [0.15, 0.2) is 0 Å². The third kappa shape index (κ3) is 2.29. The average Bonchev–Trinajstić information content (AvgIpc) is 1.94. The Kier molecular flexibility index (Phi) is 3.89. The molecule has 0 aromatic carbocycles. The first kappa shape index (κ1) is 12.1. The van der Waals surface area contributed by atoms with E-state index in [2.05, 4.69) is 5.32 Å². The summed E-state index contributed by atoms with van der Waals surface area (Å²) in [7, 11) is 0. The van der Waals surface area contributed by atoms with Crippen molar-refractivity contribution in [1.82, 2.24) is 5.32 Å². The minimum absolute atomic E-state index is 0. The van der Waals surface area contributed by atoms with Gasteiger partial charge in [-0.25, -0.2) is 0 Å². The summed E-state index contributed by atoms with van der Waals surface area (Å²) in [4.78, 5) is 0. The van der Waals surface area contributed by atoms with Crippen LogP contribution in [-0.2, 0) is 0 Å². The van der Waals surface area contributed by atoms with Crippen LogP contribution in [0.3, 0.4) is 0 Å². The van der Waals surface area contributed by atoms with Crippen LogP contribution in [0, 0.1) is 0 Å². The maximum atomic E-state index is 9.10. The van der Waals surface area contributed by atoms with Crippen LogP contribution in [0.4, 0.5) is 0 Å². The first-order valence-corrected chi connectivity index (χ1v) is 3.56. The van der Waals surface area contributed by atoms with Crippen LogP contribution in [0.1, 0.15) is 12.8 Å². The topological polar surface area (TPSA) is 93.0 Å². The van der Waals surface area contributed by atoms with E-state index in [9.17, 15) is 0 Å². The van der Waals surface area contributed by atoms with Gasteiger partial charge in [0.15, 0.2) is 0 Å². The number of nitrogens with one attached hydrogen (secondary N) is 1. The lowest BCUT2D eigenvalue weighted by Crippen LogP contribution is -2.57. The summed E-state index contributed by atoms with van der Waals surface area (Å²) in [5.41, 5.74) is 0. The number of aliphatic hydroxyl groups is 4. The molecule has 6 heteroatoms. The molecule has 0 unspecified atom stereocenters. The van der Waals surface area contributed by atoms with Crippen LogP contribution < -0.4 is 5.32 Å². The Balaban J connectivity index is 0.00000121. The molecule has 0 radical (unpaired) electrons. The van der Waals surface area contributed by atoms with Gasteiger partial charge < -0.3 is 25.7 Å². The number of β-amino-alcohol motifs (C(OH)–C–C–N with tert-alkyl or cyclic N) is 2. The first-order valence-electron chi connectivity index (χ1n) is 3.56. The van der Waals surface area contributed by atoms with Gasteiger partial charge >= 0.3 is 0 Å². The molecule has 1 rings (SSSR count). The first-order chi connectivity index (χ1) is 4.96. The molecule has 1 heterocycles. The van der Waals surface area contributed by atoms with E-state index in [1.54, 1.807) is 0 Å². The van der Waals surface area contributed by atoms with E-state index in [0.717, 1.165) is 0 Å². The lowest BCUT2D eigenvalue weighted by atomic mass is 10.0. The van der Waals surface area contributed by atoms with Crippen molar-refractivity contribution in [2.24, 2.45) is 0 Å². The number of hydrogen-bond donors (Lipinski definition) is 5. The SMILES string of the molecule is Cl.OC1(O)CCCNCC1(O)O. The van der Waals surface area contributed by atoms with E-state index >= 15 is 0 Å². The molecule has 5 nitrogen and oxygen atoms in total. The van der Waals surface area contributed by atoms with Gasteiger partial charge in [-0.1, -0.05) is 0 Å². The van der Waals surface area contributed by atoms with Gasteiger partial charge in [0.1, 0.15) is 0 Å². The van der Waals surface area contributed by atoms with Crippen molar-refractivity contribution in [2.75, 3.05) is 13.1 Å². The zero-order valence-corrected chi connectivity index (χ0v) is 7.34. The normalized spacial score (nSPS) is 27.0. The van der Waals surface area contributed by atoms with Gasteiger partial charge in [0.05, 0.1) is 6.54 Å². The van der Waals surface area contributed by atoms with Gasteiger partial charge in [0.25, 0.3) is 0 Å². The van der Waals surface area contributed by atoms with E-state index < -0.39 is 11.6 Å². The molecule has 0 amide bonds. The summed E-state index contributed by atoms with van der Waals surface area (Å²) in [6.07, 6.45) is 0.475. The molecule has 1 fully saturated rings. The van der Waals surface area contributed by atoms with Crippen molar-refractivity contribution in [3.8, 4) is 0 Å². The Hall–Kier alpha value is 0.0900. The van der Waals surface area contributed by atoms with Gasteiger partial charge in [0, 0.05) is 6.42 Å². The lowest BCUT2D eigenvalue weighted by Gasteiger charge is -2.32. The highest BCUT2D eigenvalue weighted by atomic mass is 35.5. The number of rotatable bonds is 0. The molecule has 0 atom stereocenters. The van der Waals surface area contributed by atoms with E-state index in [1.807, 2.05) is 0 Å². The van der Waals surface area contributed by atoms with E-state index in [4.69, 9.17) is 20.4 Å². The van der Waals surface area contributed by atoms with Crippen LogP contribution in [0.2, 0.25) is 0 Å². The van der Waals surface area contributed by atoms with Crippen LogP contribution >= 0.6 is 12.4 Å². The Morgan fingerprint density at radius 3 is 2.17 bits per heavy atom. The minimum atomic E-state index is -2.44. The lowest BCUT2D eigenvalue weighted by molar-refractivity contribution is -0.352. The molecule has 0 spiro atoms. The monoisotopic (exact) mass is 199 g/mol. The zero-order chi connectivity index (χ0) is 8.54. The molecular weight excluding hydrogens is 186 g/mol. The molecule has 74 valence electrons. The smallest absolute Gasteiger partial charge is 0.231 e. The zero-order valence-electron chi connectivity index (χ0n) is 6.53. The highest BCUT2D eigenvalue weighted by Crippen LogP contribution is 2.23. The Morgan fingerprint density at radius 1 is 1.00 bits per heavy atom. The summed E-state index contributed by atoms with van der Waals surface area (Å²) in [6.45, 7) is 0.339. The second-order valence-corrected chi connectivity index (χ2v) is 2.91. The van der Waals surface area contributed by atoms with Crippen molar-refractivity contribution in [3.63, 3.8) is 0 Å². The molecule has 5 N–H and O–H groups in total. The highest BCUT2D eigenvalue weighted by Gasteiger charge is 2.47. The summed E-state index contributed by atoms with van der Waals surface area (Å²) in [5, 5.41) is 39.0. The van der Waals surface area contributed by atoms with Gasteiger partial charge in [-0.15, -0.1) is 12.4 Å². The summed E-state index contributed by atoms with van der Waals surface area (Å²) < 4.78 is 0. The predicted molar refractivity (Wildman–Crippen MR) is 43.7 cm³/mol. The van der Waals surface area contributed by atoms with Gasteiger partial charge in [-0.2, -0.15) is 0 Å². The molecule has 0 aromatic heterocycles. The molecule has 0 aromatic rings. The second kappa shape index (κ2) is 3.87. The number of hydrogen-bond acceptors (Lipinski definition) is 5. The van der Waals surface area contributed by atoms with Crippen molar-refractivity contribution in [2.45, 2.75) is 24.4 Å². The molecule has 0 saturated carbocycles. The van der Waals surface area contributed by atoms with Crippen molar-refractivity contribution >= 4 is 12.4 Å². The molecule has 1 aliphatic rings. The Morgan fingerprint density at radius 2 is 1.58 bits per heavy atom. The number of halogens is 1. The van der Waals surface area contributed by atoms with E-state index in [1.165, 1.54) is 0 Å². The maximum Gasteiger partial charge on any atom is 0.231 e.